The highest BCUT2D eigenvalue weighted by Crippen LogP contribution is 2.25. The quantitative estimate of drug-likeness (QED) is 0.734. The third-order valence-electron chi connectivity index (χ3n) is 2.51. The highest BCUT2D eigenvalue weighted by molar-refractivity contribution is 5.92. The molecule has 0 aromatic heterocycles. The molecule has 0 N–H and O–H groups in total. The van der Waals surface area contributed by atoms with Crippen LogP contribution < -0.4 is 0 Å². The predicted molar refractivity (Wildman–Crippen MR) is 69.4 cm³/mol. The van der Waals surface area contributed by atoms with E-state index >= 15 is 0 Å². The highest BCUT2D eigenvalue weighted by atomic mass is 16.1. The van der Waals surface area contributed by atoms with E-state index in [0.29, 0.717) is 6.42 Å². The molecule has 0 rings (SSSR count). The van der Waals surface area contributed by atoms with Gasteiger partial charge in [-0.25, -0.2) is 0 Å². The van der Waals surface area contributed by atoms with Crippen LogP contribution in [0.4, 0.5) is 0 Å². The van der Waals surface area contributed by atoms with Crippen LogP contribution in [0, 0.1) is 16.7 Å². The van der Waals surface area contributed by atoms with Gasteiger partial charge in [-0.05, 0) is 0 Å². The van der Waals surface area contributed by atoms with Gasteiger partial charge >= 0.3 is 0 Å². The minimum absolute atomic E-state index is 0. The monoisotopic (exact) mass is 228 g/mol. The van der Waals surface area contributed by atoms with Crippen molar-refractivity contribution in [3.63, 3.8) is 0 Å². The Balaban J connectivity index is 0. The topological polar surface area (TPSA) is 34.1 Å². The molecule has 1 unspecified atom stereocenters. The molecule has 0 aromatic rings. The number of hydrogen-bond donors (Lipinski definition) is 0. The maximum atomic E-state index is 11.9. The smallest absolute Gasteiger partial charge is 0.141 e. The Labute approximate surface area is 101 Å². The van der Waals surface area contributed by atoms with Crippen LogP contribution in [-0.2, 0) is 9.59 Å². The van der Waals surface area contributed by atoms with Crippen molar-refractivity contribution in [3.8, 4) is 0 Å². The SMILES string of the molecule is C.CC(CC(=O)C(C)(C)C)C(=O)C(C)(C)C. The molecular weight excluding hydrogens is 200 g/mol. The molecule has 0 spiro atoms. The summed E-state index contributed by atoms with van der Waals surface area (Å²) in [6.45, 7) is 13.2. The van der Waals surface area contributed by atoms with Crippen molar-refractivity contribution in [1.29, 1.82) is 0 Å². The number of hydrogen-bond acceptors (Lipinski definition) is 2. The molecule has 0 heterocycles. The van der Waals surface area contributed by atoms with Gasteiger partial charge in [0.05, 0.1) is 0 Å². The molecule has 96 valence electrons. The molecule has 0 bridgehead atoms. The summed E-state index contributed by atoms with van der Waals surface area (Å²) in [5.74, 6) is 0.157. The zero-order valence-electron chi connectivity index (χ0n) is 11.1. The molecule has 1 atom stereocenters. The first-order valence-corrected chi connectivity index (χ1v) is 5.54. The van der Waals surface area contributed by atoms with Crippen LogP contribution in [-0.4, -0.2) is 11.6 Å². The fourth-order valence-electron chi connectivity index (χ4n) is 1.42. The van der Waals surface area contributed by atoms with E-state index in [-0.39, 0.29) is 35.7 Å². The summed E-state index contributed by atoms with van der Waals surface area (Å²) in [5.41, 5.74) is -0.690. The number of carbonyl (C=O) groups excluding carboxylic acids is 2. The van der Waals surface area contributed by atoms with Crippen molar-refractivity contribution in [1.82, 2.24) is 0 Å². The molecule has 0 aliphatic heterocycles. The number of ketones is 2. The maximum absolute atomic E-state index is 11.9. The predicted octanol–water partition coefficient (Wildman–Crippen LogP) is 3.88. The van der Waals surface area contributed by atoms with E-state index in [1.165, 1.54) is 0 Å². The van der Waals surface area contributed by atoms with E-state index in [9.17, 15) is 9.59 Å². The summed E-state index contributed by atoms with van der Waals surface area (Å²) in [5, 5.41) is 0. The Bertz CT molecular complexity index is 251. The Morgan fingerprint density at radius 1 is 0.938 bits per heavy atom. The summed E-state index contributed by atoms with van der Waals surface area (Å²) < 4.78 is 0. The van der Waals surface area contributed by atoms with Crippen LogP contribution in [0.1, 0.15) is 62.3 Å². The van der Waals surface area contributed by atoms with E-state index in [4.69, 9.17) is 0 Å². The van der Waals surface area contributed by atoms with Crippen LogP contribution in [0.3, 0.4) is 0 Å². The summed E-state index contributed by atoms with van der Waals surface area (Å²) >= 11 is 0. The molecule has 0 radical (unpaired) electrons. The molecule has 0 amide bonds. The highest BCUT2D eigenvalue weighted by Gasteiger charge is 2.30. The van der Waals surface area contributed by atoms with Gasteiger partial charge in [0.15, 0.2) is 0 Å². The lowest BCUT2D eigenvalue weighted by atomic mass is 9.78. The number of carbonyl (C=O) groups is 2. The number of Topliss-reactive ketones (excluding diaryl/α,β-unsaturated/α-hetero) is 2. The largest absolute Gasteiger partial charge is 0.299 e. The third kappa shape index (κ3) is 5.43. The van der Waals surface area contributed by atoms with Crippen molar-refractivity contribution in [3.05, 3.63) is 0 Å². The minimum atomic E-state index is -0.350. The van der Waals surface area contributed by atoms with Gasteiger partial charge in [0.2, 0.25) is 0 Å². The molecule has 0 saturated carbocycles. The summed E-state index contributed by atoms with van der Waals surface area (Å²) in [4.78, 5) is 23.6. The Morgan fingerprint density at radius 2 is 1.31 bits per heavy atom. The molecule has 2 nitrogen and oxygen atoms in total. The standard InChI is InChI=1S/C13H24O2.CH4/c1-9(11(15)13(5,6)7)8-10(14)12(2,3)4;/h9H,8H2,1-7H3;1H4. The molecule has 0 saturated heterocycles. The van der Waals surface area contributed by atoms with E-state index in [2.05, 4.69) is 0 Å². The average Bonchev–Trinajstić information content (AvgIpc) is 1.99. The summed E-state index contributed by atoms with van der Waals surface area (Å²) in [6.07, 6.45) is 0.361. The molecule has 0 aliphatic carbocycles. The van der Waals surface area contributed by atoms with Crippen molar-refractivity contribution in [2.45, 2.75) is 62.3 Å². The third-order valence-corrected chi connectivity index (χ3v) is 2.51. The Morgan fingerprint density at radius 3 is 1.56 bits per heavy atom. The molecule has 16 heavy (non-hydrogen) atoms. The van der Waals surface area contributed by atoms with Gasteiger partial charge in [-0.2, -0.15) is 0 Å². The van der Waals surface area contributed by atoms with Gasteiger partial charge in [-0.15, -0.1) is 0 Å². The first-order chi connectivity index (χ1) is 6.46. The van der Waals surface area contributed by atoms with Crippen LogP contribution in [0.2, 0.25) is 0 Å². The van der Waals surface area contributed by atoms with Crippen molar-refractivity contribution in [2.24, 2.45) is 16.7 Å². The lowest BCUT2D eigenvalue weighted by Crippen LogP contribution is -2.31. The Kier molecular flexibility index (Phi) is 6.21. The molecule has 0 aliphatic rings. The van der Waals surface area contributed by atoms with Crippen LogP contribution in [0.15, 0.2) is 0 Å². The normalized spacial score (nSPS) is 13.9. The van der Waals surface area contributed by atoms with Crippen LogP contribution in [0.5, 0.6) is 0 Å². The van der Waals surface area contributed by atoms with Gasteiger partial charge in [0.25, 0.3) is 0 Å². The zero-order chi connectivity index (χ0) is 12.4. The number of rotatable bonds is 3. The van der Waals surface area contributed by atoms with Crippen LogP contribution >= 0.6 is 0 Å². The van der Waals surface area contributed by atoms with E-state index < -0.39 is 0 Å². The van der Waals surface area contributed by atoms with Crippen molar-refractivity contribution in [2.75, 3.05) is 0 Å². The van der Waals surface area contributed by atoms with Gasteiger partial charge < -0.3 is 0 Å². The van der Waals surface area contributed by atoms with Crippen molar-refractivity contribution < 1.29 is 9.59 Å². The van der Waals surface area contributed by atoms with Gasteiger partial charge in [-0.3, -0.25) is 9.59 Å². The van der Waals surface area contributed by atoms with Gasteiger partial charge in [0.1, 0.15) is 11.6 Å². The molecule has 2 heteroatoms. The lowest BCUT2D eigenvalue weighted by molar-refractivity contribution is -0.135. The summed E-state index contributed by atoms with van der Waals surface area (Å²) in [6, 6.07) is 0. The first-order valence-electron chi connectivity index (χ1n) is 5.54. The molecule has 0 aromatic carbocycles. The fourth-order valence-corrected chi connectivity index (χ4v) is 1.42. The Hall–Kier alpha value is -0.660. The molecule has 0 fully saturated rings. The van der Waals surface area contributed by atoms with Crippen LogP contribution in [0.25, 0.3) is 0 Å². The first kappa shape index (κ1) is 17.7. The minimum Gasteiger partial charge on any atom is -0.299 e. The second-order valence-corrected chi connectivity index (χ2v) is 6.39. The second kappa shape index (κ2) is 5.60. The maximum Gasteiger partial charge on any atom is 0.141 e. The van der Waals surface area contributed by atoms with E-state index in [1.54, 1.807) is 0 Å². The lowest BCUT2D eigenvalue weighted by Gasteiger charge is -2.24. The van der Waals surface area contributed by atoms with Gasteiger partial charge in [0, 0.05) is 23.2 Å². The van der Waals surface area contributed by atoms with Crippen molar-refractivity contribution >= 4 is 11.6 Å². The molecular formula is C14H28O2. The van der Waals surface area contributed by atoms with Gasteiger partial charge in [-0.1, -0.05) is 55.9 Å². The zero-order valence-corrected chi connectivity index (χ0v) is 11.1. The van der Waals surface area contributed by atoms with E-state index in [0.717, 1.165) is 0 Å². The second-order valence-electron chi connectivity index (χ2n) is 6.39. The van der Waals surface area contributed by atoms with E-state index in [1.807, 2.05) is 48.5 Å². The fraction of sp³-hybridized carbons (Fsp3) is 0.857. The average molecular weight is 228 g/mol. The summed E-state index contributed by atoms with van der Waals surface area (Å²) in [7, 11) is 0.